The molecule has 130 valence electrons. The second-order valence-corrected chi connectivity index (χ2v) is 5.45. The van der Waals surface area contributed by atoms with Gasteiger partial charge >= 0.3 is 0 Å². The molecular weight excluding hydrogens is 337 g/mol. The third-order valence-corrected chi connectivity index (χ3v) is 3.66. The number of nitrogens with two attached hydrogens (primary N) is 1. The summed E-state index contributed by atoms with van der Waals surface area (Å²) in [4.78, 5) is 19.8. The van der Waals surface area contributed by atoms with Gasteiger partial charge in [-0.3, -0.25) is 9.48 Å². The van der Waals surface area contributed by atoms with Crippen molar-refractivity contribution in [1.82, 2.24) is 19.7 Å². The fourth-order valence-electron chi connectivity index (χ4n) is 2.49. The minimum atomic E-state index is -0.790. The van der Waals surface area contributed by atoms with Gasteiger partial charge in [-0.2, -0.15) is 10.4 Å². The summed E-state index contributed by atoms with van der Waals surface area (Å²) in [5, 5.41) is 15.9. The highest BCUT2D eigenvalue weighted by Gasteiger charge is 2.18. The SMILES string of the molecule is Cn1cc(Nc2nccc(-c3ccc(C(N)=O)c(CC#N)c3F)n2)cn1. The Morgan fingerprint density at radius 3 is 2.88 bits per heavy atom. The molecule has 0 aliphatic carbocycles. The Kier molecular flexibility index (Phi) is 4.57. The van der Waals surface area contributed by atoms with Crippen LogP contribution in [0.1, 0.15) is 15.9 Å². The maximum absolute atomic E-state index is 14.9. The molecule has 0 saturated carbocycles. The van der Waals surface area contributed by atoms with Crippen LogP contribution in [-0.4, -0.2) is 25.7 Å². The molecule has 0 aliphatic rings. The molecule has 0 saturated heterocycles. The van der Waals surface area contributed by atoms with Crippen LogP contribution in [0.15, 0.2) is 36.8 Å². The van der Waals surface area contributed by atoms with Crippen molar-refractivity contribution in [2.75, 3.05) is 5.32 Å². The average molecular weight is 351 g/mol. The van der Waals surface area contributed by atoms with Crippen LogP contribution in [0, 0.1) is 17.1 Å². The summed E-state index contributed by atoms with van der Waals surface area (Å²) in [6.07, 6.45) is 4.54. The highest BCUT2D eigenvalue weighted by molar-refractivity contribution is 5.95. The number of benzene rings is 1. The molecular formula is C17H14FN7O. The number of carbonyl (C=O) groups is 1. The molecule has 1 amide bonds. The van der Waals surface area contributed by atoms with Crippen molar-refractivity contribution in [3.63, 3.8) is 0 Å². The fraction of sp³-hybridized carbons (Fsp3) is 0.118. The molecule has 8 nitrogen and oxygen atoms in total. The molecule has 3 aromatic rings. The van der Waals surface area contributed by atoms with Crippen molar-refractivity contribution in [1.29, 1.82) is 5.26 Å². The lowest BCUT2D eigenvalue weighted by molar-refractivity contribution is 0.0999. The van der Waals surface area contributed by atoms with Crippen molar-refractivity contribution in [3.05, 3.63) is 53.7 Å². The van der Waals surface area contributed by atoms with Crippen molar-refractivity contribution >= 4 is 17.5 Å². The summed E-state index contributed by atoms with van der Waals surface area (Å²) < 4.78 is 16.5. The maximum atomic E-state index is 14.9. The Balaban J connectivity index is 2.01. The smallest absolute Gasteiger partial charge is 0.249 e. The van der Waals surface area contributed by atoms with Gasteiger partial charge in [0.2, 0.25) is 11.9 Å². The molecule has 0 radical (unpaired) electrons. The Morgan fingerprint density at radius 2 is 2.23 bits per heavy atom. The zero-order chi connectivity index (χ0) is 18.7. The number of aromatic nitrogens is 4. The number of rotatable bonds is 5. The lowest BCUT2D eigenvalue weighted by Gasteiger charge is -2.10. The first kappa shape index (κ1) is 17.0. The molecule has 1 aromatic carbocycles. The van der Waals surface area contributed by atoms with E-state index in [1.54, 1.807) is 24.1 Å². The summed E-state index contributed by atoms with van der Waals surface area (Å²) in [5.41, 5.74) is 6.33. The molecule has 26 heavy (non-hydrogen) atoms. The number of nitrogens with one attached hydrogen (secondary N) is 1. The van der Waals surface area contributed by atoms with Gasteiger partial charge in [-0.05, 0) is 18.2 Å². The third-order valence-electron chi connectivity index (χ3n) is 3.66. The van der Waals surface area contributed by atoms with Gasteiger partial charge in [0.15, 0.2) is 0 Å². The molecule has 3 N–H and O–H groups in total. The molecule has 0 atom stereocenters. The van der Waals surface area contributed by atoms with E-state index < -0.39 is 11.7 Å². The molecule has 9 heteroatoms. The lowest BCUT2D eigenvalue weighted by Crippen LogP contribution is -2.15. The van der Waals surface area contributed by atoms with E-state index in [9.17, 15) is 9.18 Å². The largest absolute Gasteiger partial charge is 0.366 e. The van der Waals surface area contributed by atoms with Crippen LogP contribution in [0.5, 0.6) is 0 Å². The minimum Gasteiger partial charge on any atom is -0.366 e. The monoisotopic (exact) mass is 351 g/mol. The van der Waals surface area contributed by atoms with Crippen LogP contribution in [-0.2, 0) is 13.5 Å². The molecule has 0 spiro atoms. The number of nitrogens with zero attached hydrogens (tertiary/aromatic N) is 5. The van der Waals surface area contributed by atoms with E-state index in [-0.39, 0.29) is 29.1 Å². The average Bonchev–Trinajstić information content (AvgIpc) is 3.01. The Morgan fingerprint density at radius 1 is 1.42 bits per heavy atom. The second-order valence-electron chi connectivity index (χ2n) is 5.45. The number of anilines is 2. The molecule has 2 heterocycles. The van der Waals surface area contributed by atoms with E-state index >= 15 is 0 Å². The van der Waals surface area contributed by atoms with E-state index in [2.05, 4.69) is 20.4 Å². The van der Waals surface area contributed by atoms with Crippen LogP contribution in [0.25, 0.3) is 11.3 Å². The van der Waals surface area contributed by atoms with Gasteiger partial charge in [0.05, 0.1) is 30.1 Å². The summed E-state index contributed by atoms with van der Waals surface area (Å²) >= 11 is 0. The number of hydrogen-bond donors (Lipinski definition) is 2. The number of halogens is 1. The number of carbonyl (C=O) groups excluding carboxylic acids is 1. The fourth-order valence-corrected chi connectivity index (χ4v) is 2.49. The second kappa shape index (κ2) is 6.98. The Bertz CT molecular complexity index is 1020. The van der Waals surface area contributed by atoms with Crippen LogP contribution in [0.4, 0.5) is 16.0 Å². The van der Waals surface area contributed by atoms with Crippen LogP contribution in [0.2, 0.25) is 0 Å². The lowest BCUT2D eigenvalue weighted by atomic mass is 9.98. The summed E-state index contributed by atoms with van der Waals surface area (Å²) in [5.74, 6) is -1.23. The van der Waals surface area contributed by atoms with Gasteiger partial charge in [0.25, 0.3) is 0 Å². The summed E-state index contributed by atoms with van der Waals surface area (Å²) in [6.45, 7) is 0. The van der Waals surface area contributed by atoms with E-state index in [1.165, 1.54) is 24.4 Å². The molecule has 0 aliphatic heterocycles. The molecule has 0 unspecified atom stereocenters. The standard InChI is InChI=1S/C17H14FN7O/c1-25-9-10(8-22-25)23-17-21-7-5-14(24-17)13-3-2-12(16(20)26)11(4-6-19)15(13)18/h2-3,5,7-9H,4H2,1H3,(H2,20,26)(H,21,23,24). The first-order chi connectivity index (χ1) is 12.5. The van der Waals surface area contributed by atoms with Gasteiger partial charge in [-0.25, -0.2) is 14.4 Å². The Labute approximate surface area is 148 Å². The topological polar surface area (TPSA) is 123 Å². The first-order valence-electron chi connectivity index (χ1n) is 7.57. The zero-order valence-corrected chi connectivity index (χ0v) is 13.8. The summed E-state index contributed by atoms with van der Waals surface area (Å²) in [6, 6.07) is 6.18. The van der Waals surface area contributed by atoms with E-state index in [0.717, 1.165) is 0 Å². The van der Waals surface area contributed by atoms with Crippen molar-refractivity contribution in [3.8, 4) is 17.3 Å². The van der Waals surface area contributed by atoms with Crippen molar-refractivity contribution in [2.45, 2.75) is 6.42 Å². The first-order valence-corrected chi connectivity index (χ1v) is 7.57. The highest BCUT2D eigenvalue weighted by atomic mass is 19.1. The number of hydrogen-bond acceptors (Lipinski definition) is 6. The zero-order valence-electron chi connectivity index (χ0n) is 13.8. The van der Waals surface area contributed by atoms with Gasteiger partial charge < -0.3 is 11.1 Å². The number of amides is 1. The van der Waals surface area contributed by atoms with Crippen LogP contribution in [0.3, 0.4) is 0 Å². The minimum absolute atomic E-state index is 0.0180. The van der Waals surface area contributed by atoms with Gasteiger partial charge in [-0.15, -0.1) is 0 Å². The van der Waals surface area contributed by atoms with Gasteiger partial charge in [-0.1, -0.05) is 0 Å². The van der Waals surface area contributed by atoms with E-state index in [4.69, 9.17) is 11.0 Å². The molecule has 2 aromatic heterocycles. The quantitative estimate of drug-likeness (QED) is 0.724. The van der Waals surface area contributed by atoms with E-state index in [0.29, 0.717) is 11.4 Å². The van der Waals surface area contributed by atoms with Crippen LogP contribution >= 0.6 is 0 Å². The van der Waals surface area contributed by atoms with E-state index in [1.807, 2.05) is 6.07 Å². The third kappa shape index (κ3) is 3.34. The predicted octanol–water partition coefficient (Wildman–Crippen LogP) is 1.92. The summed E-state index contributed by atoms with van der Waals surface area (Å²) in [7, 11) is 1.77. The van der Waals surface area contributed by atoms with Gasteiger partial charge in [0.1, 0.15) is 5.82 Å². The van der Waals surface area contributed by atoms with Crippen molar-refractivity contribution in [2.24, 2.45) is 12.8 Å². The number of aryl methyl sites for hydroxylation is 1. The number of primary amides is 1. The van der Waals surface area contributed by atoms with Gasteiger partial charge in [0, 0.05) is 36.1 Å². The van der Waals surface area contributed by atoms with Crippen LogP contribution < -0.4 is 11.1 Å². The number of nitriles is 1. The molecule has 0 fully saturated rings. The molecule has 3 rings (SSSR count). The Hall–Kier alpha value is -3.80. The predicted molar refractivity (Wildman–Crippen MR) is 91.8 cm³/mol. The normalized spacial score (nSPS) is 10.3. The van der Waals surface area contributed by atoms with Crippen molar-refractivity contribution < 1.29 is 9.18 Å². The highest BCUT2D eigenvalue weighted by Crippen LogP contribution is 2.27. The maximum Gasteiger partial charge on any atom is 0.249 e. The molecule has 0 bridgehead atoms.